The maximum Gasteiger partial charge on any atom is 0.120 e. The number of nitrogens with two attached hydrogens (primary N) is 1. The molecule has 0 saturated heterocycles. The lowest BCUT2D eigenvalue weighted by molar-refractivity contribution is 0.200. The molecule has 2 N–H and O–H groups in total. The molecule has 0 aliphatic heterocycles. The number of hydrogen-bond donors (Lipinski definition) is 1. The third kappa shape index (κ3) is 2.88. The molecule has 0 spiro atoms. The normalized spacial score (nSPS) is 19.8. The molecule has 13 heavy (non-hydrogen) atoms. The van der Waals surface area contributed by atoms with Crippen LogP contribution in [-0.4, -0.2) is 12.6 Å². The van der Waals surface area contributed by atoms with E-state index < -0.39 is 0 Å². The zero-order valence-electron chi connectivity index (χ0n) is 8.76. The van der Waals surface area contributed by atoms with E-state index in [0.29, 0.717) is 6.61 Å². The van der Waals surface area contributed by atoms with Crippen LogP contribution in [0.5, 0.6) is 0 Å². The Labute approximate surface area is 80.5 Å². The van der Waals surface area contributed by atoms with Crippen molar-refractivity contribution in [3.8, 4) is 0 Å². The molecule has 1 aliphatic rings. The van der Waals surface area contributed by atoms with Gasteiger partial charge in [0.2, 0.25) is 0 Å². The minimum Gasteiger partial charge on any atom is -0.492 e. The Hall–Kier alpha value is -0.760. The zero-order valence-corrected chi connectivity index (χ0v) is 8.76. The SMILES string of the molecule is CC1=CCCC(C)=C1OCC(C)N. The summed E-state index contributed by atoms with van der Waals surface area (Å²) in [6, 6.07) is 0.107. The van der Waals surface area contributed by atoms with E-state index in [2.05, 4.69) is 19.9 Å². The largest absolute Gasteiger partial charge is 0.492 e. The van der Waals surface area contributed by atoms with Gasteiger partial charge in [-0.1, -0.05) is 6.08 Å². The molecule has 1 aliphatic carbocycles. The fourth-order valence-corrected chi connectivity index (χ4v) is 1.50. The fourth-order valence-electron chi connectivity index (χ4n) is 1.50. The van der Waals surface area contributed by atoms with Gasteiger partial charge in [-0.25, -0.2) is 0 Å². The lowest BCUT2D eigenvalue weighted by Crippen LogP contribution is -2.22. The first-order valence-corrected chi connectivity index (χ1v) is 4.86. The van der Waals surface area contributed by atoms with Gasteiger partial charge in [0.05, 0.1) is 0 Å². The molecule has 0 saturated carbocycles. The molecule has 0 radical (unpaired) electrons. The molecule has 2 heteroatoms. The summed E-state index contributed by atoms with van der Waals surface area (Å²) < 4.78 is 5.66. The second-order valence-electron chi connectivity index (χ2n) is 3.82. The van der Waals surface area contributed by atoms with Gasteiger partial charge in [-0.15, -0.1) is 0 Å². The Kier molecular flexibility index (Phi) is 3.55. The van der Waals surface area contributed by atoms with Gasteiger partial charge in [0.1, 0.15) is 12.4 Å². The Bertz CT molecular complexity index is 238. The van der Waals surface area contributed by atoms with E-state index >= 15 is 0 Å². The Morgan fingerprint density at radius 3 is 2.77 bits per heavy atom. The van der Waals surface area contributed by atoms with Crippen LogP contribution >= 0.6 is 0 Å². The summed E-state index contributed by atoms with van der Waals surface area (Å²) in [4.78, 5) is 0. The van der Waals surface area contributed by atoms with Gasteiger partial charge in [-0.3, -0.25) is 0 Å². The topological polar surface area (TPSA) is 35.2 Å². The molecule has 1 atom stereocenters. The lowest BCUT2D eigenvalue weighted by Gasteiger charge is -2.19. The quantitative estimate of drug-likeness (QED) is 0.725. The van der Waals surface area contributed by atoms with Crippen molar-refractivity contribution in [3.05, 3.63) is 23.0 Å². The maximum absolute atomic E-state index is 5.66. The van der Waals surface area contributed by atoms with Crippen LogP contribution in [0.25, 0.3) is 0 Å². The van der Waals surface area contributed by atoms with E-state index in [1.807, 2.05) is 6.92 Å². The van der Waals surface area contributed by atoms with Crippen molar-refractivity contribution in [2.45, 2.75) is 39.7 Å². The Morgan fingerprint density at radius 1 is 1.54 bits per heavy atom. The van der Waals surface area contributed by atoms with Crippen LogP contribution in [0.2, 0.25) is 0 Å². The molecule has 74 valence electrons. The molecule has 1 rings (SSSR count). The summed E-state index contributed by atoms with van der Waals surface area (Å²) in [6.45, 7) is 6.79. The molecular formula is C11H19NO. The second-order valence-corrected chi connectivity index (χ2v) is 3.82. The lowest BCUT2D eigenvalue weighted by atomic mass is 10.00. The highest BCUT2D eigenvalue weighted by molar-refractivity contribution is 5.31. The monoisotopic (exact) mass is 181 g/mol. The van der Waals surface area contributed by atoms with Gasteiger partial charge < -0.3 is 10.5 Å². The van der Waals surface area contributed by atoms with Gasteiger partial charge in [0.15, 0.2) is 0 Å². The van der Waals surface area contributed by atoms with Crippen molar-refractivity contribution >= 4 is 0 Å². The first-order chi connectivity index (χ1) is 6.11. The summed E-state index contributed by atoms with van der Waals surface area (Å²) in [5.74, 6) is 1.06. The number of allylic oxidation sites excluding steroid dienone is 3. The van der Waals surface area contributed by atoms with E-state index in [9.17, 15) is 0 Å². The number of rotatable bonds is 3. The summed E-state index contributed by atoms with van der Waals surface area (Å²) in [5.41, 5.74) is 8.24. The summed E-state index contributed by atoms with van der Waals surface area (Å²) in [6.07, 6.45) is 4.48. The van der Waals surface area contributed by atoms with Crippen molar-refractivity contribution in [3.63, 3.8) is 0 Å². The highest BCUT2D eigenvalue weighted by atomic mass is 16.5. The molecular weight excluding hydrogens is 162 g/mol. The minimum absolute atomic E-state index is 0.107. The zero-order chi connectivity index (χ0) is 9.84. The van der Waals surface area contributed by atoms with Crippen LogP contribution in [0.15, 0.2) is 23.0 Å². The van der Waals surface area contributed by atoms with E-state index in [-0.39, 0.29) is 6.04 Å². The van der Waals surface area contributed by atoms with Crippen molar-refractivity contribution in [1.29, 1.82) is 0 Å². The Balaban J connectivity index is 2.60. The summed E-state index contributed by atoms with van der Waals surface area (Å²) in [7, 11) is 0. The predicted molar refractivity (Wildman–Crippen MR) is 55.3 cm³/mol. The van der Waals surface area contributed by atoms with Gasteiger partial charge in [-0.05, 0) is 44.8 Å². The standard InChI is InChI=1S/C11H19NO/c1-8-5-4-6-9(2)11(8)13-7-10(3)12/h5,10H,4,6-7,12H2,1-3H3. The molecule has 0 aromatic heterocycles. The average Bonchev–Trinajstić information content (AvgIpc) is 2.03. The minimum atomic E-state index is 0.107. The second kappa shape index (κ2) is 4.47. The number of ether oxygens (including phenoxy) is 1. The summed E-state index contributed by atoms with van der Waals surface area (Å²) >= 11 is 0. The van der Waals surface area contributed by atoms with Crippen molar-refractivity contribution in [1.82, 2.24) is 0 Å². The van der Waals surface area contributed by atoms with Gasteiger partial charge in [0.25, 0.3) is 0 Å². The molecule has 2 nitrogen and oxygen atoms in total. The van der Waals surface area contributed by atoms with E-state index in [1.54, 1.807) is 0 Å². The van der Waals surface area contributed by atoms with Crippen LogP contribution in [0, 0.1) is 0 Å². The van der Waals surface area contributed by atoms with Crippen molar-refractivity contribution in [2.75, 3.05) is 6.61 Å². The smallest absolute Gasteiger partial charge is 0.120 e. The third-order valence-electron chi connectivity index (χ3n) is 2.21. The molecule has 0 fully saturated rings. The first kappa shape index (κ1) is 10.3. The van der Waals surface area contributed by atoms with Crippen LogP contribution in [0.4, 0.5) is 0 Å². The van der Waals surface area contributed by atoms with Gasteiger partial charge >= 0.3 is 0 Å². The molecule has 0 amide bonds. The van der Waals surface area contributed by atoms with Crippen LogP contribution in [0.1, 0.15) is 33.6 Å². The molecule has 1 unspecified atom stereocenters. The highest BCUT2D eigenvalue weighted by Crippen LogP contribution is 2.25. The third-order valence-corrected chi connectivity index (χ3v) is 2.21. The highest BCUT2D eigenvalue weighted by Gasteiger charge is 2.11. The average molecular weight is 181 g/mol. The Morgan fingerprint density at radius 2 is 2.23 bits per heavy atom. The molecule has 0 aromatic carbocycles. The van der Waals surface area contributed by atoms with Crippen molar-refractivity contribution < 1.29 is 4.74 Å². The maximum atomic E-state index is 5.66. The molecule has 0 heterocycles. The van der Waals surface area contributed by atoms with E-state index in [1.165, 1.54) is 11.1 Å². The first-order valence-electron chi connectivity index (χ1n) is 4.86. The van der Waals surface area contributed by atoms with E-state index in [4.69, 9.17) is 10.5 Å². The summed E-state index contributed by atoms with van der Waals surface area (Å²) in [5, 5.41) is 0. The molecule has 0 aromatic rings. The molecule has 0 bridgehead atoms. The fraction of sp³-hybridized carbons (Fsp3) is 0.636. The van der Waals surface area contributed by atoms with Crippen LogP contribution in [0.3, 0.4) is 0 Å². The van der Waals surface area contributed by atoms with Gasteiger partial charge in [-0.2, -0.15) is 0 Å². The van der Waals surface area contributed by atoms with Gasteiger partial charge in [0, 0.05) is 6.04 Å². The van der Waals surface area contributed by atoms with Crippen molar-refractivity contribution in [2.24, 2.45) is 5.73 Å². The van der Waals surface area contributed by atoms with Crippen LogP contribution in [-0.2, 0) is 4.74 Å². The van der Waals surface area contributed by atoms with E-state index in [0.717, 1.165) is 18.6 Å². The van der Waals surface area contributed by atoms with Crippen LogP contribution < -0.4 is 5.73 Å². The number of hydrogen-bond acceptors (Lipinski definition) is 2. The predicted octanol–water partition coefficient (Wildman–Crippen LogP) is 2.36.